The Hall–Kier alpha value is -4.02. The van der Waals surface area contributed by atoms with E-state index in [1.54, 1.807) is 42.5 Å². The smallest absolute Gasteiger partial charge is 0.331 e. The summed E-state index contributed by atoms with van der Waals surface area (Å²) in [6, 6.07) is 20.5. The van der Waals surface area contributed by atoms with Gasteiger partial charge >= 0.3 is 21.7 Å². The van der Waals surface area contributed by atoms with Crippen LogP contribution in [0.5, 0.6) is 11.5 Å². The van der Waals surface area contributed by atoms with E-state index in [0.29, 0.717) is 11.0 Å². The number of carbonyl (C=O) groups excluding carboxylic acids is 2. The van der Waals surface area contributed by atoms with E-state index in [9.17, 15) is 19.2 Å². The van der Waals surface area contributed by atoms with Crippen LogP contribution in [0.15, 0.2) is 82.4 Å². The van der Waals surface area contributed by atoms with Gasteiger partial charge in [-0.05, 0) is 36.4 Å². The van der Waals surface area contributed by atoms with Crippen molar-refractivity contribution >= 4 is 55.0 Å². The normalized spacial score (nSPS) is 11.1. The fourth-order valence-electron chi connectivity index (χ4n) is 3.51. The van der Waals surface area contributed by atoms with Crippen molar-refractivity contribution < 1.29 is 19.1 Å². The summed E-state index contributed by atoms with van der Waals surface area (Å²) in [6.07, 6.45) is 0. The number of ether oxygens (including phenoxy) is 2. The molecular formula is C24H16N2O6S2. The lowest BCUT2D eigenvalue weighted by molar-refractivity contribution is -0.135. The lowest BCUT2D eigenvalue weighted by Crippen LogP contribution is -2.23. The van der Waals surface area contributed by atoms with E-state index < -0.39 is 11.9 Å². The van der Waals surface area contributed by atoms with Crippen molar-refractivity contribution in [2.24, 2.45) is 0 Å². The molecular weight excluding hydrogens is 476 g/mol. The highest BCUT2D eigenvalue weighted by Gasteiger charge is 2.15. The number of rotatable bonds is 6. The molecule has 0 amide bonds. The zero-order chi connectivity index (χ0) is 23.7. The van der Waals surface area contributed by atoms with E-state index in [2.05, 4.69) is 0 Å². The second kappa shape index (κ2) is 9.08. The van der Waals surface area contributed by atoms with Gasteiger partial charge in [-0.3, -0.25) is 18.7 Å². The summed E-state index contributed by atoms with van der Waals surface area (Å²) >= 11 is 2.12. The summed E-state index contributed by atoms with van der Waals surface area (Å²) in [4.78, 5) is 48.9. The van der Waals surface area contributed by atoms with Crippen LogP contribution in [-0.2, 0) is 22.7 Å². The van der Waals surface area contributed by atoms with Crippen molar-refractivity contribution in [2.75, 3.05) is 0 Å². The minimum absolute atomic E-state index is 0.168. The number of thiazole rings is 2. The van der Waals surface area contributed by atoms with Gasteiger partial charge in [-0.15, -0.1) is 0 Å². The van der Waals surface area contributed by atoms with Gasteiger partial charge in [0.2, 0.25) is 0 Å². The molecule has 0 bridgehead atoms. The van der Waals surface area contributed by atoms with Crippen LogP contribution < -0.4 is 19.2 Å². The Morgan fingerprint density at radius 1 is 0.647 bits per heavy atom. The Kier molecular flexibility index (Phi) is 5.83. The van der Waals surface area contributed by atoms with Gasteiger partial charge in [0.1, 0.15) is 24.6 Å². The lowest BCUT2D eigenvalue weighted by Gasteiger charge is -2.09. The maximum absolute atomic E-state index is 12.5. The van der Waals surface area contributed by atoms with Crippen LogP contribution in [0.1, 0.15) is 0 Å². The Balaban J connectivity index is 1.27. The lowest BCUT2D eigenvalue weighted by atomic mass is 10.3. The van der Waals surface area contributed by atoms with Crippen molar-refractivity contribution in [1.82, 2.24) is 9.13 Å². The summed E-state index contributed by atoms with van der Waals surface area (Å²) in [5.41, 5.74) is 1.32. The van der Waals surface area contributed by atoms with E-state index in [1.165, 1.54) is 15.2 Å². The summed E-state index contributed by atoms with van der Waals surface area (Å²) in [5, 5.41) is 0. The molecule has 10 heteroatoms. The van der Waals surface area contributed by atoms with Crippen LogP contribution >= 0.6 is 22.7 Å². The highest BCUT2D eigenvalue weighted by Crippen LogP contribution is 2.22. The molecule has 2 heterocycles. The zero-order valence-corrected chi connectivity index (χ0v) is 19.1. The third kappa shape index (κ3) is 4.41. The first kappa shape index (κ1) is 21.8. The third-order valence-corrected chi connectivity index (χ3v) is 6.91. The summed E-state index contributed by atoms with van der Waals surface area (Å²) < 4.78 is 15.0. The van der Waals surface area contributed by atoms with Crippen molar-refractivity contribution in [1.29, 1.82) is 0 Å². The van der Waals surface area contributed by atoms with E-state index in [-0.39, 0.29) is 34.3 Å². The molecule has 170 valence electrons. The standard InChI is InChI=1S/C24H16N2O6S2/c27-21(13-25-17-8-1-3-10-19(17)33-23(25)29)31-15-6-5-7-16(12-15)32-22(28)14-26-18-9-2-4-11-20(18)34-24(26)30/h1-12H,13-14H2. The maximum Gasteiger partial charge on any atom is 0.331 e. The van der Waals surface area contributed by atoms with Gasteiger partial charge in [-0.25, -0.2) is 9.59 Å². The van der Waals surface area contributed by atoms with Gasteiger partial charge in [0, 0.05) is 6.07 Å². The number of para-hydroxylation sites is 2. The van der Waals surface area contributed by atoms with Crippen molar-refractivity contribution in [3.63, 3.8) is 0 Å². The van der Waals surface area contributed by atoms with Gasteiger partial charge in [0.25, 0.3) is 0 Å². The van der Waals surface area contributed by atoms with E-state index in [1.807, 2.05) is 24.3 Å². The second-order valence-electron chi connectivity index (χ2n) is 7.27. The largest absolute Gasteiger partial charge is 0.425 e. The average Bonchev–Trinajstić information content (AvgIpc) is 3.30. The Morgan fingerprint density at radius 3 is 1.56 bits per heavy atom. The topological polar surface area (TPSA) is 96.6 Å². The highest BCUT2D eigenvalue weighted by atomic mass is 32.1. The molecule has 0 aliphatic rings. The first-order chi connectivity index (χ1) is 16.5. The molecule has 0 unspecified atom stereocenters. The summed E-state index contributed by atoms with van der Waals surface area (Å²) in [5.74, 6) is -0.932. The SMILES string of the molecule is O=C(Cn1c(=O)sc2ccccc21)Oc1cccc(OC(=O)Cn2c(=O)sc3ccccc32)c1. The third-order valence-electron chi connectivity index (χ3n) is 4.99. The van der Waals surface area contributed by atoms with Gasteiger partial charge in [0.05, 0.1) is 20.4 Å². The quantitative estimate of drug-likeness (QED) is 0.265. The molecule has 0 aliphatic carbocycles. The summed E-state index contributed by atoms with van der Waals surface area (Å²) in [7, 11) is 0. The highest BCUT2D eigenvalue weighted by molar-refractivity contribution is 7.16. The number of benzene rings is 3. The number of nitrogens with zero attached hydrogens (tertiary/aromatic N) is 2. The molecule has 0 aliphatic heterocycles. The van der Waals surface area contributed by atoms with Crippen LogP contribution in [0.4, 0.5) is 0 Å². The van der Waals surface area contributed by atoms with Crippen molar-refractivity contribution in [3.8, 4) is 11.5 Å². The average molecular weight is 493 g/mol. The minimum atomic E-state index is -0.634. The van der Waals surface area contributed by atoms with E-state index in [0.717, 1.165) is 32.1 Å². The van der Waals surface area contributed by atoms with Gasteiger partial charge < -0.3 is 9.47 Å². The number of esters is 2. The van der Waals surface area contributed by atoms with Crippen molar-refractivity contribution in [2.45, 2.75) is 13.1 Å². The predicted octanol–water partition coefficient (Wildman–Crippen LogP) is 3.65. The fourth-order valence-corrected chi connectivity index (χ4v) is 5.30. The van der Waals surface area contributed by atoms with Crippen LogP contribution in [-0.4, -0.2) is 21.1 Å². The first-order valence-electron chi connectivity index (χ1n) is 10.2. The molecule has 0 fully saturated rings. The minimum Gasteiger partial charge on any atom is -0.425 e. The molecule has 0 saturated heterocycles. The fraction of sp³-hybridized carbons (Fsp3) is 0.0833. The zero-order valence-electron chi connectivity index (χ0n) is 17.5. The number of carbonyl (C=O) groups is 2. The number of aromatic nitrogens is 2. The molecule has 0 N–H and O–H groups in total. The van der Waals surface area contributed by atoms with E-state index >= 15 is 0 Å². The molecule has 0 atom stereocenters. The van der Waals surface area contributed by atoms with E-state index in [4.69, 9.17) is 9.47 Å². The Labute approximate surface area is 199 Å². The molecule has 3 aromatic carbocycles. The Morgan fingerprint density at radius 2 is 1.09 bits per heavy atom. The van der Waals surface area contributed by atoms with Crippen LogP contribution in [0.2, 0.25) is 0 Å². The molecule has 0 radical (unpaired) electrons. The summed E-state index contributed by atoms with van der Waals surface area (Å²) in [6.45, 7) is -0.498. The molecule has 8 nitrogen and oxygen atoms in total. The van der Waals surface area contributed by atoms with Gasteiger partial charge in [0.15, 0.2) is 0 Å². The number of hydrogen-bond acceptors (Lipinski definition) is 8. The molecule has 34 heavy (non-hydrogen) atoms. The van der Waals surface area contributed by atoms with Gasteiger partial charge in [-0.1, -0.05) is 53.0 Å². The van der Waals surface area contributed by atoms with Gasteiger partial charge in [-0.2, -0.15) is 0 Å². The number of fused-ring (bicyclic) bond motifs is 2. The van der Waals surface area contributed by atoms with Crippen LogP contribution in [0.3, 0.4) is 0 Å². The molecule has 0 saturated carbocycles. The van der Waals surface area contributed by atoms with Crippen LogP contribution in [0.25, 0.3) is 20.4 Å². The monoisotopic (exact) mass is 492 g/mol. The molecule has 2 aromatic heterocycles. The molecule has 5 aromatic rings. The maximum atomic E-state index is 12.5. The van der Waals surface area contributed by atoms with Crippen molar-refractivity contribution in [3.05, 3.63) is 92.1 Å². The van der Waals surface area contributed by atoms with Crippen LogP contribution in [0, 0.1) is 0 Å². The number of hydrogen-bond donors (Lipinski definition) is 0. The first-order valence-corrected chi connectivity index (χ1v) is 11.8. The molecule has 5 rings (SSSR count). The predicted molar refractivity (Wildman–Crippen MR) is 130 cm³/mol. The Bertz CT molecular complexity index is 1540. The molecule has 0 spiro atoms. The second-order valence-corrected chi connectivity index (χ2v) is 9.25.